The fourth-order valence-electron chi connectivity index (χ4n) is 2.96. The predicted molar refractivity (Wildman–Crippen MR) is 119 cm³/mol. The number of furan rings is 1. The number of carbonyl (C=O) groups is 2. The lowest BCUT2D eigenvalue weighted by molar-refractivity contribution is -0.119. The summed E-state index contributed by atoms with van der Waals surface area (Å²) >= 11 is 6.27. The van der Waals surface area contributed by atoms with E-state index in [0.29, 0.717) is 11.4 Å². The maximum Gasteiger partial charge on any atom is 0.291 e. The minimum atomic E-state index is -3.80. The summed E-state index contributed by atoms with van der Waals surface area (Å²) in [5.41, 5.74) is 2.37. The van der Waals surface area contributed by atoms with Crippen LogP contribution in [0.3, 0.4) is 0 Å². The summed E-state index contributed by atoms with van der Waals surface area (Å²) in [6, 6.07) is 8.29. The number of nitrogens with zero attached hydrogens (tertiary/aromatic N) is 2. The van der Waals surface area contributed by atoms with Crippen molar-refractivity contribution in [2.75, 3.05) is 17.7 Å². The number of benzene rings is 1. The van der Waals surface area contributed by atoms with E-state index in [1.54, 1.807) is 23.7 Å². The lowest BCUT2D eigenvalue weighted by Crippen LogP contribution is -2.25. The molecule has 0 saturated carbocycles. The molecule has 3 rings (SSSR count). The fourth-order valence-corrected chi connectivity index (χ4v) is 3.84. The molecule has 1 aromatic carbocycles. The van der Waals surface area contributed by atoms with Crippen molar-refractivity contribution in [1.29, 1.82) is 0 Å². The second-order valence-corrected chi connectivity index (χ2v) is 9.24. The van der Waals surface area contributed by atoms with Crippen LogP contribution in [-0.2, 0) is 14.8 Å². The quantitative estimate of drug-likeness (QED) is 0.476. The first-order chi connectivity index (χ1) is 15.0. The second-order valence-electron chi connectivity index (χ2n) is 7.01. The van der Waals surface area contributed by atoms with Crippen molar-refractivity contribution in [3.05, 3.63) is 58.6 Å². The Morgan fingerprint density at radius 1 is 1.12 bits per heavy atom. The molecule has 0 radical (unpaired) electrons. The van der Waals surface area contributed by atoms with Crippen molar-refractivity contribution < 1.29 is 22.4 Å². The van der Waals surface area contributed by atoms with E-state index in [4.69, 9.17) is 16.0 Å². The van der Waals surface area contributed by atoms with E-state index in [2.05, 4.69) is 20.5 Å². The van der Waals surface area contributed by atoms with Crippen molar-refractivity contribution in [1.82, 2.24) is 14.5 Å². The number of rotatable bonds is 7. The van der Waals surface area contributed by atoms with Crippen LogP contribution in [0.2, 0.25) is 5.02 Å². The average Bonchev–Trinajstić information content (AvgIpc) is 3.36. The standard InChI is InChI=1S/C20H22ClN5O5S/c1-11-9-12(2)26(25-11)13(3)19(27)24-16-6-5-14(10-15(16)21)23-20(28)17-7-8-18(31-17)32(29,30)22-4/h5-10,13,22H,1-4H3,(H,23,28)(H,24,27). The van der Waals surface area contributed by atoms with Crippen LogP contribution in [0.25, 0.3) is 0 Å². The summed E-state index contributed by atoms with van der Waals surface area (Å²) < 4.78 is 32.3. The van der Waals surface area contributed by atoms with Gasteiger partial charge in [0, 0.05) is 11.4 Å². The topological polar surface area (TPSA) is 135 Å². The van der Waals surface area contributed by atoms with E-state index in [1.807, 2.05) is 19.9 Å². The molecule has 2 aromatic heterocycles. The van der Waals surface area contributed by atoms with Gasteiger partial charge < -0.3 is 15.1 Å². The normalized spacial score (nSPS) is 12.4. The molecule has 0 aliphatic heterocycles. The highest BCUT2D eigenvalue weighted by Gasteiger charge is 2.21. The molecular weight excluding hydrogens is 458 g/mol. The van der Waals surface area contributed by atoms with Crippen LogP contribution < -0.4 is 15.4 Å². The Kier molecular flexibility index (Phi) is 6.72. The first-order valence-electron chi connectivity index (χ1n) is 9.49. The minimum absolute atomic E-state index is 0.189. The molecular formula is C20H22ClN5O5S. The second kappa shape index (κ2) is 9.15. The summed E-state index contributed by atoms with van der Waals surface area (Å²) in [5, 5.41) is 9.45. The number of halogens is 1. The highest BCUT2D eigenvalue weighted by atomic mass is 35.5. The Morgan fingerprint density at radius 3 is 2.44 bits per heavy atom. The van der Waals surface area contributed by atoms with Crippen LogP contribution in [0.1, 0.15) is 34.9 Å². The molecule has 0 fully saturated rings. The maximum atomic E-state index is 12.6. The number of hydrogen-bond acceptors (Lipinski definition) is 6. The number of aromatic nitrogens is 2. The lowest BCUT2D eigenvalue weighted by Gasteiger charge is -2.15. The number of anilines is 2. The van der Waals surface area contributed by atoms with Gasteiger partial charge in [0.1, 0.15) is 6.04 Å². The first-order valence-corrected chi connectivity index (χ1v) is 11.4. The average molecular weight is 480 g/mol. The van der Waals surface area contributed by atoms with E-state index in [9.17, 15) is 18.0 Å². The molecule has 2 heterocycles. The molecule has 10 nitrogen and oxygen atoms in total. The van der Waals surface area contributed by atoms with E-state index in [1.165, 1.54) is 25.2 Å². The van der Waals surface area contributed by atoms with E-state index in [0.717, 1.165) is 11.4 Å². The molecule has 0 saturated heterocycles. The van der Waals surface area contributed by atoms with Crippen LogP contribution in [0.4, 0.5) is 11.4 Å². The molecule has 3 aromatic rings. The summed E-state index contributed by atoms with van der Waals surface area (Å²) in [6.07, 6.45) is 0. The highest BCUT2D eigenvalue weighted by molar-refractivity contribution is 7.89. The van der Waals surface area contributed by atoms with Crippen LogP contribution in [0, 0.1) is 13.8 Å². The largest absolute Gasteiger partial charge is 0.438 e. The third-order valence-corrected chi connectivity index (χ3v) is 6.21. The summed E-state index contributed by atoms with van der Waals surface area (Å²) in [4.78, 5) is 25.0. The summed E-state index contributed by atoms with van der Waals surface area (Å²) in [5.74, 6) is -1.15. The van der Waals surface area contributed by atoms with Gasteiger partial charge in [-0.25, -0.2) is 13.1 Å². The van der Waals surface area contributed by atoms with E-state index >= 15 is 0 Å². The SMILES string of the molecule is CNS(=O)(=O)c1ccc(C(=O)Nc2ccc(NC(=O)C(C)n3nc(C)cc3C)c(Cl)c2)o1. The van der Waals surface area contributed by atoms with Crippen molar-refractivity contribution in [2.24, 2.45) is 0 Å². The van der Waals surface area contributed by atoms with Gasteiger partial charge in [0.05, 0.1) is 16.4 Å². The molecule has 170 valence electrons. The smallest absolute Gasteiger partial charge is 0.291 e. The number of aryl methyl sites for hydroxylation is 2. The van der Waals surface area contributed by atoms with Crippen LogP contribution in [0.15, 0.2) is 45.9 Å². The van der Waals surface area contributed by atoms with Gasteiger partial charge in [-0.2, -0.15) is 5.10 Å². The van der Waals surface area contributed by atoms with Gasteiger partial charge in [-0.3, -0.25) is 14.3 Å². The van der Waals surface area contributed by atoms with Gasteiger partial charge in [0.2, 0.25) is 11.0 Å². The number of nitrogens with one attached hydrogen (secondary N) is 3. The van der Waals surface area contributed by atoms with Crippen LogP contribution in [0.5, 0.6) is 0 Å². The molecule has 0 aliphatic carbocycles. The Hall–Kier alpha value is -3.15. The number of amides is 2. The third kappa shape index (κ3) is 5.01. The van der Waals surface area contributed by atoms with Gasteiger partial charge in [-0.15, -0.1) is 0 Å². The highest BCUT2D eigenvalue weighted by Crippen LogP contribution is 2.27. The molecule has 0 bridgehead atoms. The zero-order chi connectivity index (χ0) is 23.6. The van der Waals surface area contributed by atoms with E-state index in [-0.39, 0.29) is 21.8 Å². The van der Waals surface area contributed by atoms with Gasteiger partial charge >= 0.3 is 0 Å². The van der Waals surface area contributed by atoms with Crippen LogP contribution >= 0.6 is 11.6 Å². The minimum Gasteiger partial charge on any atom is -0.438 e. The molecule has 3 N–H and O–H groups in total. The zero-order valence-electron chi connectivity index (χ0n) is 17.8. The van der Waals surface area contributed by atoms with Crippen molar-refractivity contribution in [3.8, 4) is 0 Å². The molecule has 0 aliphatic rings. The monoisotopic (exact) mass is 479 g/mol. The Balaban J connectivity index is 1.69. The number of sulfonamides is 1. The Morgan fingerprint density at radius 2 is 1.84 bits per heavy atom. The summed E-state index contributed by atoms with van der Waals surface area (Å²) in [6.45, 7) is 5.44. The lowest BCUT2D eigenvalue weighted by atomic mass is 10.2. The molecule has 1 atom stereocenters. The molecule has 12 heteroatoms. The van der Waals surface area contributed by atoms with Crippen molar-refractivity contribution >= 4 is 44.8 Å². The van der Waals surface area contributed by atoms with Crippen molar-refractivity contribution in [2.45, 2.75) is 31.9 Å². The fraction of sp³-hybridized carbons (Fsp3) is 0.250. The third-order valence-electron chi connectivity index (χ3n) is 4.61. The molecule has 32 heavy (non-hydrogen) atoms. The molecule has 1 unspecified atom stereocenters. The Bertz CT molecular complexity index is 1280. The Labute approximate surface area is 190 Å². The van der Waals surface area contributed by atoms with Crippen LogP contribution in [-0.4, -0.2) is 37.1 Å². The molecule has 2 amide bonds. The van der Waals surface area contributed by atoms with Gasteiger partial charge in [-0.1, -0.05) is 11.6 Å². The summed E-state index contributed by atoms with van der Waals surface area (Å²) in [7, 11) is -2.57. The number of carbonyl (C=O) groups excluding carboxylic acids is 2. The predicted octanol–water partition coefficient (Wildman–Crippen LogP) is 3.11. The van der Waals surface area contributed by atoms with Gasteiger partial charge in [0.25, 0.3) is 15.9 Å². The van der Waals surface area contributed by atoms with Gasteiger partial charge in [0.15, 0.2) is 5.76 Å². The zero-order valence-corrected chi connectivity index (χ0v) is 19.3. The van der Waals surface area contributed by atoms with Crippen molar-refractivity contribution in [3.63, 3.8) is 0 Å². The first kappa shape index (κ1) is 23.5. The number of hydrogen-bond donors (Lipinski definition) is 3. The van der Waals surface area contributed by atoms with Gasteiger partial charge in [-0.05, 0) is 64.2 Å². The molecule has 0 spiro atoms. The van der Waals surface area contributed by atoms with E-state index < -0.39 is 22.0 Å². The maximum absolute atomic E-state index is 12.6.